The van der Waals surface area contributed by atoms with Gasteiger partial charge in [0.1, 0.15) is 0 Å². The minimum atomic E-state index is 0.571. The summed E-state index contributed by atoms with van der Waals surface area (Å²) in [4.78, 5) is 5.14. The molecular formula is C15H21N3O. The largest absolute Gasteiger partial charge is 0.377 e. The van der Waals surface area contributed by atoms with Crippen LogP contribution in [0.2, 0.25) is 0 Å². The first kappa shape index (κ1) is 11.6. The van der Waals surface area contributed by atoms with Gasteiger partial charge in [0.2, 0.25) is 0 Å². The van der Waals surface area contributed by atoms with Crippen LogP contribution in [0.25, 0.3) is 0 Å². The summed E-state index contributed by atoms with van der Waals surface area (Å²) in [7, 11) is 0. The fraction of sp³-hybridized carbons (Fsp3) is 0.600. The van der Waals surface area contributed by atoms with E-state index in [1.807, 2.05) is 0 Å². The van der Waals surface area contributed by atoms with Crippen molar-refractivity contribution in [1.29, 1.82) is 0 Å². The molecule has 1 atom stereocenters. The van der Waals surface area contributed by atoms with E-state index in [1.165, 1.54) is 16.9 Å². The summed E-state index contributed by atoms with van der Waals surface area (Å²) in [6.45, 7) is 8.40. The SMILES string of the molecule is CC1CNCc2cccc3c2N1CCN3C1COC1. The van der Waals surface area contributed by atoms with E-state index in [9.17, 15) is 0 Å². The fourth-order valence-corrected chi connectivity index (χ4v) is 3.48. The van der Waals surface area contributed by atoms with Crippen molar-refractivity contribution in [1.82, 2.24) is 5.32 Å². The number of hydrogen-bond donors (Lipinski definition) is 1. The highest BCUT2D eigenvalue weighted by Crippen LogP contribution is 2.40. The summed E-state index contributed by atoms with van der Waals surface area (Å²) in [6, 6.07) is 7.89. The first-order valence-corrected chi connectivity index (χ1v) is 7.28. The van der Waals surface area contributed by atoms with Crippen LogP contribution in [-0.2, 0) is 11.3 Å². The van der Waals surface area contributed by atoms with Gasteiger partial charge in [0.25, 0.3) is 0 Å². The average molecular weight is 259 g/mol. The summed E-state index contributed by atoms with van der Waals surface area (Å²) in [6.07, 6.45) is 0. The van der Waals surface area contributed by atoms with Crippen molar-refractivity contribution in [2.45, 2.75) is 25.6 Å². The maximum atomic E-state index is 5.38. The minimum Gasteiger partial charge on any atom is -0.377 e. The summed E-state index contributed by atoms with van der Waals surface area (Å²) < 4.78 is 5.38. The Morgan fingerprint density at radius 2 is 2.05 bits per heavy atom. The lowest BCUT2D eigenvalue weighted by molar-refractivity contribution is 0.00797. The molecule has 3 aliphatic rings. The molecule has 1 unspecified atom stereocenters. The number of nitrogens with zero attached hydrogens (tertiary/aromatic N) is 2. The Bertz CT molecular complexity index is 486. The van der Waals surface area contributed by atoms with Crippen molar-refractivity contribution in [3.63, 3.8) is 0 Å². The first-order valence-electron chi connectivity index (χ1n) is 7.28. The van der Waals surface area contributed by atoms with Gasteiger partial charge in [-0.25, -0.2) is 0 Å². The minimum absolute atomic E-state index is 0.571. The molecule has 3 heterocycles. The molecule has 1 N–H and O–H groups in total. The zero-order valence-corrected chi connectivity index (χ0v) is 11.4. The van der Waals surface area contributed by atoms with Gasteiger partial charge in [-0.05, 0) is 18.6 Å². The Balaban J connectivity index is 1.80. The highest BCUT2D eigenvalue weighted by Gasteiger charge is 2.35. The lowest BCUT2D eigenvalue weighted by Gasteiger charge is -2.47. The Labute approximate surface area is 114 Å². The Morgan fingerprint density at radius 3 is 2.84 bits per heavy atom. The Kier molecular flexibility index (Phi) is 2.67. The molecule has 19 heavy (non-hydrogen) atoms. The number of benzene rings is 1. The van der Waals surface area contributed by atoms with Crippen molar-refractivity contribution in [3.05, 3.63) is 23.8 Å². The molecule has 0 bridgehead atoms. The highest BCUT2D eigenvalue weighted by molar-refractivity contribution is 5.78. The molecule has 1 saturated heterocycles. The van der Waals surface area contributed by atoms with Gasteiger partial charge in [-0.15, -0.1) is 0 Å². The molecule has 0 saturated carbocycles. The number of rotatable bonds is 1. The van der Waals surface area contributed by atoms with E-state index in [2.05, 4.69) is 40.2 Å². The van der Waals surface area contributed by atoms with Crippen LogP contribution >= 0.6 is 0 Å². The van der Waals surface area contributed by atoms with Crippen molar-refractivity contribution in [2.24, 2.45) is 0 Å². The summed E-state index contributed by atoms with van der Waals surface area (Å²) in [5.74, 6) is 0. The van der Waals surface area contributed by atoms with Gasteiger partial charge in [-0.1, -0.05) is 12.1 Å². The normalized spacial score (nSPS) is 26.7. The van der Waals surface area contributed by atoms with Gasteiger partial charge in [-0.2, -0.15) is 0 Å². The molecule has 1 aromatic carbocycles. The molecule has 0 radical (unpaired) electrons. The average Bonchev–Trinajstić information content (AvgIpc) is 2.52. The summed E-state index contributed by atoms with van der Waals surface area (Å²) in [5.41, 5.74) is 4.30. The monoisotopic (exact) mass is 259 g/mol. The summed E-state index contributed by atoms with van der Waals surface area (Å²) in [5, 5.41) is 3.56. The van der Waals surface area contributed by atoms with Crippen molar-refractivity contribution < 1.29 is 4.74 Å². The summed E-state index contributed by atoms with van der Waals surface area (Å²) >= 11 is 0. The van der Waals surface area contributed by atoms with Crippen LogP contribution in [0.5, 0.6) is 0 Å². The second kappa shape index (κ2) is 4.39. The van der Waals surface area contributed by atoms with E-state index < -0.39 is 0 Å². The number of para-hydroxylation sites is 1. The lowest BCUT2D eigenvalue weighted by Crippen LogP contribution is -2.55. The predicted molar refractivity (Wildman–Crippen MR) is 76.9 cm³/mol. The van der Waals surface area contributed by atoms with Gasteiger partial charge in [0.05, 0.1) is 30.6 Å². The van der Waals surface area contributed by atoms with Crippen molar-refractivity contribution >= 4 is 11.4 Å². The van der Waals surface area contributed by atoms with Crippen LogP contribution in [0.4, 0.5) is 11.4 Å². The van der Waals surface area contributed by atoms with Gasteiger partial charge < -0.3 is 19.9 Å². The number of nitrogens with one attached hydrogen (secondary N) is 1. The Morgan fingerprint density at radius 1 is 1.21 bits per heavy atom. The fourth-order valence-electron chi connectivity index (χ4n) is 3.48. The van der Waals surface area contributed by atoms with E-state index in [0.29, 0.717) is 12.1 Å². The van der Waals surface area contributed by atoms with E-state index in [0.717, 1.165) is 39.4 Å². The third-order valence-corrected chi connectivity index (χ3v) is 4.63. The molecule has 102 valence electrons. The molecule has 1 aromatic rings. The topological polar surface area (TPSA) is 27.7 Å². The van der Waals surface area contributed by atoms with E-state index >= 15 is 0 Å². The molecule has 4 nitrogen and oxygen atoms in total. The highest BCUT2D eigenvalue weighted by atomic mass is 16.5. The van der Waals surface area contributed by atoms with Crippen LogP contribution in [0, 0.1) is 0 Å². The molecular weight excluding hydrogens is 238 g/mol. The molecule has 0 aliphatic carbocycles. The number of ether oxygens (including phenoxy) is 1. The zero-order chi connectivity index (χ0) is 12.8. The van der Waals surface area contributed by atoms with E-state index in [4.69, 9.17) is 4.74 Å². The van der Waals surface area contributed by atoms with Crippen LogP contribution in [0.1, 0.15) is 12.5 Å². The van der Waals surface area contributed by atoms with Gasteiger partial charge >= 0.3 is 0 Å². The molecule has 4 rings (SSSR count). The van der Waals surface area contributed by atoms with Gasteiger partial charge in [-0.3, -0.25) is 0 Å². The standard InChI is InChI=1S/C15H21N3O/c1-11-7-16-8-12-3-2-4-14-15(12)17(11)5-6-18(14)13-9-19-10-13/h2-4,11,13,16H,5-10H2,1H3. The third-order valence-electron chi connectivity index (χ3n) is 4.63. The number of anilines is 2. The zero-order valence-electron chi connectivity index (χ0n) is 11.4. The van der Waals surface area contributed by atoms with Gasteiger partial charge in [0, 0.05) is 32.2 Å². The molecule has 0 amide bonds. The first-order chi connectivity index (χ1) is 9.34. The number of hydrogen-bond acceptors (Lipinski definition) is 4. The van der Waals surface area contributed by atoms with E-state index in [-0.39, 0.29) is 0 Å². The maximum Gasteiger partial charge on any atom is 0.0758 e. The quantitative estimate of drug-likeness (QED) is 0.820. The smallest absolute Gasteiger partial charge is 0.0758 e. The molecule has 1 fully saturated rings. The van der Waals surface area contributed by atoms with Crippen LogP contribution < -0.4 is 15.1 Å². The van der Waals surface area contributed by atoms with Crippen molar-refractivity contribution in [3.8, 4) is 0 Å². The second-order valence-corrected chi connectivity index (χ2v) is 5.84. The van der Waals surface area contributed by atoms with Crippen molar-refractivity contribution in [2.75, 3.05) is 42.6 Å². The Hall–Kier alpha value is -1.26. The molecule has 4 heteroatoms. The van der Waals surface area contributed by atoms with Crippen LogP contribution in [0.3, 0.4) is 0 Å². The predicted octanol–water partition coefficient (Wildman–Crippen LogP) is 1.20. The molecule has 0 spiro atoms. The van der Waals surface area contributed by atoms with Crippen LogP contribution in [-0.4, -0.2) is 44.9 Å². The second-order valence-electron chi connectivity index (χ2n) is 5.84. The molecule has 0 aromatic heterocycles. The van der Waals surface area contributed by atoms with Crippen LogP contribution in [0.15, 0.2) is 18.2 Å². The maximum absolute atomic E-state index is 5.38. The molecule has 3 aliphatic heterocycles. The van der Waals surface area contributed by atoms with E-state index in [1.54, 1.807) is 0 Å². The lowest BCUT2D eigenvalue weighted by atomic mass is 10.0. The third kappa shape index (κ3) is 1.74. The van der Waals surface area contributed by atoms with Gasteiger partial charge in [0.15, 0.2) is 0 Å².